The summed E-state index contributed by atoms with van der Waals surface area (Å²) in [6, 6.07) is 8.18. The molecule has 1 aliphatic rings. The fourth-order valence-corrected chi connectivity index (χ4v) is 2.89. The highest BCUT2D eigenvalue weighted by Crippen LogP contribution is 2.19. The van der Waals surface area contributed by atoms with Gasteiger partial charge in [-0.25, -0.2) is 0 Å². The van der Waals surface area contributed by atoms with Crippen LogP contribution in [0.5, 0.6) is 0 Å². The van der Waals surface area contributed by atoms with Gasteiger partial charge in [0.1, 0.15) is 0 Å². The Morgan fingerprint density at radius 1 is 1.32 bits per heavy atom. The maximum atomic E-state index is 12.0. The van der Waals surface area contributed by atoms with E-state index in [9.17, 15) is 4.79 Å². The molecule has 3 rings (SSSR count). The number of amides is 1. The van der Waals surface area contributed by atoms with E-state index in [1.165, 1.54) is 19.3 Å². The Hall–Kier alpha value is -2.17. The van der Waals surface area contributed by atoms with Gasteiger partial charge in [0.05, 0.1) is 6.42 Å². The summed E-state index contributed by atoms with van der Waals surface area (Å²) in [5.74, 6) is 0.873. The van der Waals surface area contributed by atoms with Crippen LogP contribution >= 0.6 is 0 Å². The van der Waals surface area contributed by atoms with Crippen LogP contribution in [0.2, 0.25) is 0 Å². The zero-order chi connectivity index (χ0) is 15.4. The maximum Gasteiger partial charge on any atom is 0.257 e. The first kappa shape index (κ1) is 14.8. The molecule has 0 atom stereocenters. The molecular formula is C17H21N3O2. The highest BCUT2D eigenvalue weighted by atomic mass is 16.5. The van der Waals surface area contributed by atoms with Gasteiger partial charge in [-0.2, -0.15) is 4.98 Å². The van der Waals surface area contributed by atoms with E-state index in [4.69, 9.17) is 4.52 Å². The van der Waals surface area contributed by atoms with E-state index in [2.05, 4.69) is 15.5 Å². The van der Waals surface area contributed by atoms with Crippen molar-refractivity contribution in [3.05, 3.63) is 35.7 Å². The van der Waals surface area contributed by atoms with Crippen molar-refractivity contribution in [1.82, 2.24) is 15.5 Å². The molecule has 1 fully saturated rings. The minimum Gasteiger partial charge on any atom is -0.353 e. The summed E-state index contributed by atoms with van der Waals surface area (Å²) in [5, 5.41) is 6.97. The molecule has 2 aromatic rings. The first-order valence-electron chi connectivity index (χ1n) is 7.90. The summed E-state index contributed by atoms with van der Waals surface area (Å²) in [6.07, 6.45) is 6.00. The van der Waals surface area contributed by atoms with E-state index in [1.54, 1.807) is 0 Å². The van der Waals surface area contributed by atoms with Crippen molar-refractivity contribution in [3.8, 4) is 11.5 Å². The van der Waals surface area contributed by atoms with Crippen LogP contribution in [0, 0.1) is 6.92 Å². The normalized spacial score (nSPS) is 15.7. The van der Waals surface area contributed by atoms with Crippen LogP contribution in [0.15, 0.2) is 28.8 Å². The third kappa shape index (κ3) is 3.72. The number of aryl methyl sites for hydroxylation is 1. The van der Waals surface area contributed by atoms with E-state index in [-0.39, 0.29) is 12.3 Å². The van der Waals surface area contributed by atoms with Gasteiger partial charge in [-0.1, -0.05) is 42.1 Å². The second-order valence-corrected chi connectivity index (χ2v) is 5.96. The molecule has 0 saturated heterocycles. The highest BCUT2D eigenvalue weighted by Gasteiger charge is 2.18. The monoisotopic (exact) mass is 299 g/mol. The van der Waals surface area contributed by atoms with Crippen LogP contribution in [-0.2, 0) is 11.2 Å². The van der Waals surface area contributed by atoms with Gasteiger partial charge in [-0.15, -0.1) is 0 Å². The van der Waals surface area contributed by atoms with Gasteiger partial charge < -0.3 is 9.84 Å². The van der Waals surface area contributed by atoms with E-state index in [1.807, 2.05) is 31.2 Å². The summed E-state index contributed by atoms with van der Waals surface area (Å²) in [7, 11) is 0. The van der Waals surface area contributed by atoms with Crippen LogP contribution in [0.3, 0.4) is 0 Å². The number of nitrogens with one attached hydrogen (secondary N) is 1. The zero-order valence-corrected chi connectivity index (χ0v) is 12.8. The van der Waals surface area contributed by atoms with Crippen LogP contribution in [-0.4, -0.2) is 22.1 Å². The third-order valence-corrected chi connectivity index (χ3v) is 4.02. The molecule has 0 radical (unpaired) electrons. The van der Waals surface area contributed by atoms with Gasteiger partial charge in [-0.3, -0.25) is 4.79 Å². The van der Waals surface area contributed by atoms with Crippen molar-refractivity contribution in [2.24, 2.45) is 0 Å². The molecule has 0 bridgehead atoms. The van der Waals surface area contributed by atoms with Crippen LogP contribution < -0.4 is 5.32 Å². The molecule has 22 heavy (non-hydrogen) atoms. The van der Waals surface area contributed by atoms with E-state index in [0.29, 0.717) is 17.8 Å². The molecule has 0 unspecified atom stereocenters. The Balaban J connectivity index is 1.60. The van der Waals surface area contributed by atoms with E-state index in [0.717, 1.165) is 24.0 Å². The Morgan fingerprint density at radius 2 is 2.14 bits per heavy atom. The average molecular weight is 299 g/mol. The summed E-state index contributed by atoms with van der Waals surface area (Å²) < 4.78 is 5.26. The minimum absolute atomic E-state index is 0.0245. The summed E-state index contributed by atoms with van der Waals surface area (Å²) in [5.41, 5.74) is 2.01. The summed E-state index contributed by atoms with van der Waals surface area (Å²) in [4.78, 5) is 16.4. The molecule has 0 spiro atoms. The molecule has 5 heteroatoms. The Labute approximate surface area is 130 Å². The van der Waals surface area contributed by atoms with E-state index >= 15 is 0 Å². The van der Waals surface area contributed by atoms with Crippen molar-refractivity contribution < 1.29 is 9.32 Å². The number of aromatic nitrogens is 2. The maximum absolute atomic E-state index is 12.0. The van der Waals surface area contributed by atoms with Gasteiger partial charge in [0.2, 0.25) is 5.91 Å². The molecule has 1 saturated carbocycles. The number of nitrogens with zero attached hydrogens (tertiary/aromatic N) is 2. The van der Waals surface area contributed by atoms with Crippen molar-refractivity contribution in [2.75, 3.05) is 0 Å². The van der Waals surface area contributed by atoms with Crippen LogP contribution in [0.4, 0.5) is 0 Å². The standard InChI is InChI=1S/C17H21N3O2/c1-12-6-5-7-13(10-12)17-19-15(20-22-17)11-16(21)18-14-8-3-2-4-9-14/h5-7,10,14H,2-4,8-9,11H2,1H3,(H,18,21). The number of carbonyl (C=O) groups is 1. The lowest BCUT2D eigenvalue weighted by Gasteiger charge is -2.22. The SMILES string of the molecule is Cc1cccc(-c2nc(CC(=O)NC3CCCCC3)no2)c1. The topological polar surface area (TPSA) is 68.0 Å². The molecule has 1 amide bonds. The predicted octanol–water partition coefficient (Wildman–Crippen LogP) is 3.04. The number of rotatable bonds is 4. The molecule has 1 aromatic heterocycles. The number of carbonyl (C=O) groups excluding carboxylic acids is 1. The fourth-order valence-electron chi connectivity index (χ4n) is 2.89. The fraction of sp³-hybridized carbons (Fsp3) is 0.471. The smallest absolute Gasteiger partial charge is 0.257 e. The molecule has 1 aliphatic carbocycles. The number of hydrogen-bond acceptors (Lipinski definition) is 4. The quantitative estimate of drug-likeness (QED) is 0.942. The lowest BCUT2D eigenvalue weighted by atomic mass is 9.95. The number of benzene rings is 1. The van der Waals surface area contributed by atoms with Crippen molar-refractivity contribution in [1.29, 1.82) is 0 Å². The molecule has 0 aliphatic heterocycles. The molecular weight excluding hydrogens is 278 g/mol. The minimum atomic E-state index is -0.0245. The summed E-state index contributed by atoms with van der Waals surface area (Å²) >= 11 is 0. The lowest BCUT2D eigenvalue weighted by Crippen LogP contribution is -2.37. The van der Waals surface area contributed by atoms with Crippen LogP contribution in [0.1, 0.15) is 43.5 Å². The van der Waals surface area contributed by atoms with Gasteiger partial charge in [0, 0.05) is 11.6 Å². The Morgan fingerprint density at radius 3 is 2.91 bits per heavy atom. The average Bonchev–Trinajstić information content (AvgIpc) is 2.96. The van der Waals surface area contributed by atoms with Crippen molar-refractivity contribution >= 4 is 5.91 Å². The molecule has 1 heterocycles. The third-order valence-electron chi connectivity index (χ3n) is 4.02. The first-order valence-corrected chi connectivity index (χ1v) is 7.90. The Kier molecular flexibility index (Phi) is 4.51. The second-order valence-electron chi connectivity index (χ2n) is 5.96. The number of hydrogen-bond donors (Lipinski definition) is 1. The van der Waals surface area contributed by atoms with Crippen molar-refractivity contribution in [2.45, 2.75) is 51.5 Å². The highest BCUT2D eigenvalue weighted by molar-refractivity contribution is 5.78. The van der Waals surface area contributed by atoms with Gasteiger partial charge in [0.15, 0.2) is 5.82 Å². The molecule has 5 nitrogen and oxygen atoms in total. The van der Waals surface area contributed by atoms with Gasteiger partial charge in [0.25, 0.3) is 5.89 Å². The molecule has 1 N–H and O–H groups in total. The lowest BCUT2D eigenvalue weighted by molar-refractivity contribution is -0.121. The molecule has 1 aromatic carbocycles. The predicted molar refractivity (Wildman–Crippen MR) is 83.2 cm³/mol. The molecule has 116 valence electrons. The van der Waals surface area contributed by atoms with E-state index < -0.39 is 0 Å². The zero-order valence-electron chi connectivity index (χ0n) is 12.8. The largest absolute Gasteiger partial charge is 0.353 e. The first-order chi connectivity index (χ1) is 10.7. The summed E-state index contributed by atoms with van der Waals surface area (Å²) in [6.45, 7) is 2.01. The Bertz CT molecular complexity index is 645. The van der Waals surface area contributed by atoms with Gasteiger partial charge in [-0.05, 0) is 31.9 Å². The van der Waals surface area contributed by atoms with Crippen LogP contribution in [0.25, 0.3) is 11.5 Å². The second kappa shape index (κ2) is 6.73. The van der Waals surface area contributed by atoms with Crippen molar-refractivity contribution in [3.63, 3.8) is 0 Å². The van der Waals surface area contributed by atoms with Gasteiger partial charge >= 0.3 is 0 Å².